The Kier molecular flexibility index (Phi) is 7.15. The van der Waals surface area contributed by atoms with Crippen molar-refractivity contribution in [1.29, 1.82) is 0 Å². The summed E-state index contributed by atoms with van der Waals surface area (Å²) in [4.78, 5) is 11.6. The minimum absolute atomic E-state index is 0.0684. The molecule has 5 heteroatoms. The standard InChI is InChI=1S/C12H27N3O2/c1-6-10(8-14-9(2)7-13)15-11(16)17-12(3,4)5/h9-10,14H,6-8,13H2,1-5H3,(H,15,16). The van der Waals surface area contributed by atoms with Gasteiger partial charge in [-0.1, -0.05) is 6.92 Å². The number of carbonyl (C=O) groups excluding carboxylic acids is 1. The van der Waals surface area contributed by atoms with E-state index in [1.807, 2.05) is 34.6 Å². The molecule has 2 atom stereocenters. The summed E-state index contributed by atoms with van der Waals surface area (Å²) in [5.41, 5.74) is 5.05. The predicted molar refractivity (Wildman–Crippen MR) is 70.0 cm³/mol. The molecule has 0 aliphatic rings. The van der Waals surface area contributed by atoms with Gasteiger partial charge in [0, 0.05) is 25.2 Å². The lowest BCUT2D eigenvalue weighted by Crippen LogP contribution is -2.46. The van der Waals surface area contributed by atoms with Crippen LogP contribution in [0.25, 0.3) is 0 Å². The molecule has 5 nitrogen and oxygen atoms in total. The molecular weight excluding hydrogens is 218 g/mol. The van der Waals surface area contributed by atoms with Gasteiger partial charge in [-0.15, -0.1) is 0 Å². The third-order valence-corrected chi connectivity index (χ3v) is 2.28. The van der Waals surface area contributed by atoms with Gasteiger partial charge in [-0.25, -0.2) is 4.79 Å². The van der Waals surface area contributed by atoms with Crippen LogP contribution in [0.2, 0.25) is 0 Å². The number of hydrogen-bond acceptors (Lipinski definition) is 4. The molecule has 17 heavy (non-hydrogen) atoms. The lowest BCUT2D eigenvalue weighted by Gasteiger charge is -2.24. The monoisotopic (exact) mass is 245 g/mol. The largest absolute Gasteiger partial charge is 0.444 e. The maximum Gasteiger partial charge on any atom is 0.407 e. The zero-order valence-corrected chi connectivity index (χ0v) is 11.7. The van der Waals surface area contributed by atoms with Crippen LogP contribution >= 0.6 is 0 Å². The van der Waals surface area contributed by atoms with Crippen molar-refractivity contribution in [2.24, 2.45) is 5.73 Å². The van der Waals surface area contributed by atoms with Crippen molar-refractivity contribution < 1.29 is 9.53 Å². The highest BCUT2D eigenvalue weighted by Gasteiger charge is 2.18. The number of amides is 1. The van der Waals surface area contributed by atoms with Crippen LogP contribution in [0.3, 0.4) is 0 Å². The summed E-state index contributed by atoms with van der Waals surface area (Å²) in [5.74, 6) is 0. The minimum Gasteiger partial charge on any atom is -0.444 e. The minimum atomic E-state index is -0.458. The SMILES string of the molecule is CCC(CNC(C)CN)NC(=O)OC(C)(C)C. The van der Waals surface area contributed by atoms with E-state index in [2.05, 4.69) is 10.6 Å². The van der Waals surface area contributed by atoms with E-state index >= 15 is 0 Å². The smallest absolute Gasteiger partial charge is 0.407 e. The summed E-state index contributed by atoms with van der Waals surface area (Å²) in [5, 5.41) is 6.09. The van der Waals surface area contributed by atoms with Crippen molar-refractivity contribution in [2.45, 2.75) is 58.7 Å². The Balaban J connectivity index is 4.00. The van der Waals surface area contributed by atoms with Crippen molar-refractivity contribution in [1.82, 2.24) is 10.6 Å². The molecule has 4 N–H and O–H groups in total. The Labute approximate surface area is 104 Å². The summed E-state index contributed by atoms with van der Waals surface area (Å²) < 4.78 is 5.20. The molecule has 0 aliphatic carbocycles. The molecule has 0 bridgehead atoms. The molecule has 0 fully saturated rings. The fraction of sp³-hybridized carbons (Fsp3) is 0.917. The Morgan fingerprint density at radius 1 is 1.41 bits per heavy atom. The Morgan fingerprint density at radius 2 is 2.00 bits per heavy atom. The molecule has 0 radical (unpaired) electrons. The first kappa shape index (κ1) is 16.2. The van der Waals surface area contributed by atoms with Crippen LogP contribution in [-0.4, -0.2) is 36.9 Å². The average molecular weight is 245 g/mol. The number of nitrogens with two attached hydrogens (primary N) is 1. The van der Waals surface area contributed by atoms with Crippen LogP contribution in [0.4, 0.5) is 4.79 Å². The predicted octanol–water partition coefficient (Wildman–Crippen LogP) is 1.23. The first-order chi connectivity index (χ1) is 7.78. The molecule has 0 rings (SSSR count). The highest BCUT2D eigenvalue weighted by Crippen LogP contribution is 2.07. The van der Waals surface area contributed by atoms with Gasteiger partial charge < -0.3 is 21.1 Å². The van der Waals surface area contributed by atoms with E-state index in [-0.39, 0.29) is 18.2 Å². The maximum absolute atomic E-state index is 11.6. The molecule has 0 aromatic carbocycles. The quantitative estimate of drug-likeness (QED) is 0.658. The summed E-state index contributed by atoms with van der Waals surface area (Å²) >= 11 is 0. The number of alkyl carbamates (subject to hydrolysis) is 1. The van der Waals surface area contributed by atoms with Crippen molar-refractivity contribution in [2.75, 3.05) is 13.1 Å². The maximum atomic E-state index is 11.6. The second-order valence-corrected chi connectivity index (χ2v) is 5.30. The first-order valence-electron chi connectivity index (χ1n) is 6.21. The van der Waals surface area contributed by atoms with Gasteiger partial charge in [0.25, 0.3) is 0 Å². The van der Waals surface area contributed by atoms with Crippen LogP contribution in [0, 0.1) is 0 Å². The Bertz CT molecular complexity index is 226. The van der Waals surface area contributed by atoms with Gasteiger partial charge in [0.05, 0.1) is 0 Å². The van der Waals surface area contributed by atoms with Gasteiger partial charge in [-0.3, -0.25) is 0 Å². The summed E-state index contributed by atoms with van der Waals surface area (Å²) in [7, 11) is 0. The van der Waals surface area contributed by atoms with Crippen LogP contribution < -0.4 is 16.4 Å². The summed E-state index contributed by atoms with van der Waals surface area (Å²) in [6.07, 6.45) is 0.482. The Morgan fingerprint density at radius 3 is 2.41 bits per heavy atom. The van der Waals surface area contributed by atoms with E-state index in [1.165, 1.54) is 0 Å². The highest BCUT2D eigenvalue weighted by molar-refractivity contribution is 5.68. The van der Waals surface area contributed by atoms with E-state index in [4.69, 9.17) is 10.5 Å². The fourth-order valence-electron chi connectivity index (χ4n) is 1.20. The van der Waals surface area contributed by atoms with Gasteiger partial charge in [0.1, 0.15) is 5.60 Å². The van der Waals surface area contributed by atoms with E-state index in [0.29, 0.717) is 13.1 Å². The zero-order chi connectivity index (χ0) is 13.5. The second-order valence-electron chi connectivity index (χ2n) is 5.30. The van der Waals surface area contributed by atoms with Crippen molar-refractivity contribution in [3.63, 3.8) is 0 Å². The van der Waals surface area contributed by atoms with Crippen LogP contribution in [-0.2, 0) is 4.74 Å². The molecule has 0 saturated carbocycles. The topological polar surface area (TPSA) is 76.4 Å². The van der Waals surface area contributed by atoms with Crippen molar-refractivity contribution in [3.05, 3.63) is 0 Å². The average Bonchev–Trinajstić information content (AvgIpc) is 2.20. The van der Waals surface area contributed by atoms with Crippen LogP contribution in [0.1, 0.15) is 41.0 Å². The van der Waals surface area contributed by atoms with Gasteiger partial charge in [-0.2, -0.15) is 0 Å². The van der Waals surface area contributed by atoms with E-state index < -0.39 is 5.60 Å². The van der Waals surface area contributed by atoms with Crippen LogP contribution in [0.15, 0.2) is 0 Å². The zero-order valence-electron chi connectivity index (χ0n) is 11.7. The normalized spacial score (nSPS) is 15.2. The van der Waals surface area contributed by atoms with Crippen LogP contribution in [0.5, 0.6) is 0 Å². The van der Waals surface area contributed by atoms with Gasteiger partial charge >= 0.3 is 6.09 Å². The van der Waals surface area contributed by atoms with Crippen molar-refractivity contribution >= 4 is 6.09 Å². The Hall–Kier alpha value is -0.810. The number of ether oxygens (including phenoxy) is 1. The molecule has 0 aromatic heterocycles. The molecule has 0 aromatic rings. The molecule has 0 spiro atoms. The number of nitrogens with one attached hydrogen (secondary N) is 2. The molecule has 0 heterocycles. The molecule has 0 aliphatic heterocycles. The third-order valence-electron chi connectivity index (χ3n) is 2.28. The van der Waals surface area contributed by atoms with Gasteiger partial charge in [0.15, 0.2) is 0 Å². The molecule has 0 saturated heterocycles. The van der Waals surface area contributed by atoms with Crippen molar-refractivity contribution in [3.8, 4) is 0 Å². The van der Waals surface area contributed by atoms with Gasteiger partial charge in [-0.05, 0) is 34.1 Å². The van der Waals surface area contributed by atoms with E-state index in [0.717, 1.165) is 6.42 Å². The molecule has 1 amide bonds. The van der Waals surface area contributed by atoms with E-state index in [9.17, 15) is 4.79 Å². The lowest BCUT2D eigenvalue weighted by molar-refractivity contribution is 0.0502. The summed E-state index contributed by atoms with van der Waals surface area (Å²) in [6.45, 7) is 10.9. The highest BCUT2D eigenvalue weighted by atomic mass is 16.6. The summed E-state index contributed by atoms with van der Waals surface area (Å²) in [6, 6.07) is 0.323. The molecular formula is C12H27N3O2. The number of carbonyl (C=O) groups is 1. The second kappa shape index (κ2) is 7.50. The first-order valence-corrected chi connectivity index (χ1v) is 6.21. The van der Waals surface area contributed by atoms with Gasteiger partial charge in [0.2, 0.25) is 0 Å². The third kappa shape index (κ3) is 8.94. The molecule has 2 unspecified atom stereocenters. The number of rotatable bonds is 6. The molecule has 102 valence electrons. The van der Waals surface area contributed by atoms with E-state index in [1.54, 1.807) is 0 Å². The number of hydrogen-bond donors (Lipinski definition) is 3. The lowest BCUT2D eigenvalue weighted by atomic mass is 10.2. The fourth-order valence-corrected chi connectivity index (χ4v) is 1.20.